The summed E-state index contributed by atoms with van der Waals surface area (Å²) in [5, 5.41) is 22.3. The van der Waals surface area contributed by atoms with Crippen LogP contribution in [0, 0.1) is 0 Å². The zero-order valence-electron chi connectivity index (χ0n) is 12.8. The highest BCUT2D eigenvalue weighted by molar-refractivity contribution is 5.32. The van der Waals surface area contributed by atoms with Gasteiger partial charge in [0.15, 0.2) is 0 Å². The molecule has 3 aromatic rings. The van der Waals surface area contributed by atoms with Crippen molar-refractivity contribution in [2.45, 2.75) is 18.1 Å². The number of rotatable bonds is 5. The maximum Gasteiger partial charge on any atom is 0.124 e. The lowest BCUT2D eigenvalue weighted by Crippen LogP contribution is -2.36. The van der Waals surface area contributed by atoms with Crippen LogP contribution in [0.2, 0.25) is 0 Å². The fourth-order valence-corrected chi connectivity index (χ4v) is 2.90. The van der Waals surface area contributed by atoms with E-state index >= 15 is 0 Å². The maximum atomic E-state index is 11.4. The highest BCUT2D eigenvalue weighted by atomic mass is 16.3. The van der Waals surface area contributed by atoms with Gasteiger partial charge in [-0.3, -0.25) is 0 Å². The quantitative estimate of drug-likeness (QED) is 0.751. The van der Waals surface area contributed by atoms with Gasteiger partial charge in [-0.15, -0.1) is 0 Å². The summed E-state index contributed by atoms with van der Waals surface area (Å²) in [6.07, 6.45) is -0.667. The Morgan fingerprint density at radius 3 is 1.74 bits per heavy atom. The molecule has 2 heteroatoms. The molecule has 2 unspecified atom stereocenters. The minimum Gasteiger partial charge on any atom is -0.385 e. The normalized spacial score (nSPS) is 14.9. The van der Waals surface area contributed by atoms with Gasteiger partial charge in [0.25, 0.3) is 0 Å². The Labute approximate surface area is 136 Å². The Morgan fingerprint density at radius 1 is 0.696 bits per heavy atom. The van der Waals surface area contributed by atoms with Gasteiger partial charge >= 0.3 is 0 Å². The summed E-state index contributed by atoms with van der Waals surface area (Å²) in [5.74, 6) is 0. The summed E-state index contributed by atoms with van der Waals surface area (Å²) in [5.41, 5.74) is 1.01. The van der Waals surface area contributed by atoms with Gasteiger partial charge in [0.2, 0.25) is 0 Å². The van der Waals surface area contributed by atoms with Crippen molar-refractivity contribution in [1.82, 2.24) is 0 Å². The lowest BCUT2D eigenvalue weighted by Gasteiger charge is -2.34. The highest BCUT2D eigenvalue weighted by Crippen LogP contribution is 2.38. The van der Waals surface area contributed by atoms with Crippen LogP contribution in [0.3, 0.4) is 0 Å². The van der Waals surface area contributed by atoms with Crippen LogP contribution in [0.5, 0.6) is 0 Å². The lowest BCUT2D eigenvalue weighted by molar-refractivity contribution is -0.0829. The Hall–Kier alpha value is -2.42. The molecule has 0 saturated carbocycles. The first kappa shape index (κ1) is 15.5. The van der Waals surface area contributed by atoms with Crippen molar-refractivity contribution in [1.29, 1.82) is 0 Å². The van der Waals surface area contributed by atoms with Crippen LogP contribution < -0.4 is 0 Å². The van der Waals surface area contributed by atoms with Crippen molar-refractivity contribution in [2.75, 3.05) is 0 Å². The van der Waals surface area contributed by atoms with Gasteiger partial charge in [0, 0.05) is 6.42 Å². The van der Waals surface area contributed by atoms with Crippen LogP contribution in [-0.2, 0) is 12.0 Å². The molecular weight excluding hydrogens is 284 g/mol. The molecule has 2 atom stereocenters. The van der Waals surface area contributed by atoms with E-state index in [-0.39, 0.29) is 0 Å². The van der Waals surface area contributed by atoms with Gasteiger partial charge in [0.05, 0.1) is 0 Å². The van der Waals surface area contributed by atoms with E-state index in [2.05, 4.69) is 0 Å². The van der Waals surface area contributed by atoms with Crippen molar-refractivity contribution in [2.24, 2.45) is 0 Å². The summed E-state index contributed by atoms with van der Waals surface area (Å²) in [6.45, 7) is 0. The van der Waals surface area contributed by atoms with Crippen molar-refractivity contribution in [3.63, 3.8) is 0 Å². The number of hydrogen-bond donors (Lipinski definition) is 2. The summed E-state index contributed by atoms with van der Waals surface area (Å²) < 4.78 is 0. The second-order valence-electron chi connectivity index (χ2n) is 5.77. The van der Waals surface area contributed by atoms with Crippen LogP contribution in [0.15, 0.2) is 91.0 Å². The van der Waals surface area contributed by atoms with E-state index in [9.17, 15) is 10.2 Å². The molecule has 116 valence electrons. The first-order chi connectivity index (χ1) is 11.2. The molecule has 23 heavy (non-hydrogen) atoms. The summed E-state index contributed by atoms with van der Waals surface area (Å²) >= 11 is 0. The van der Waals surface area contributed by atoms with Crippen molar-refractivity contribution < 1.29 is 10.2 Å². The van der Waals surface area contributed by atoms with E-state index in [0.717, 1.165) is 5.56 Å². The Bertz CT molecular complexity index is 726. The molecule has 0 fully saturated rings. The maximum absolute atomic E-state index is 11.4. The van der Waals surface area contributed by atoms with Crippen LogP contribution >= 0.6 is 0 Å². The van der Waals surface area contributed by atoms with E-state index < -0.39 is 11.7 Å². The van der Waals surface area contributed by atoms with Crippen LogP contribution in [0.25, 0.3) is 0 Å². The number of aliphatic hydroxyl groups excluding tert-OH is 1. The predicted octanol–water partition coefficient (Wildman–Crippen LogP) is 3.85. The minimum absolute atomic E-state index is 0.341. The molecule has 0 heterocycles. The largest absolute Gasteiger partial charge is 0.385 e. The summed E-state index contributed by atoms with van der Waals surface area (Å²) in [6, 6.07) is 28.4. The van der Waals surface area contributed by atoms with E-state index in [4.69, 9.17) is 0 Å². The van der Waals surface area contributed by atoms with Crippen LogP contribution in [-0.4, -0.2) is 10.2 Å². The van der Waals surface area contributed by atoms with Gasteiger partial charge in [-0.25, -0.2) is 0 Å². The molecule has 0 radical (unpaired) electrons. The van der Waals surface area contributed by atoms with Gasteiger partial charge in [-0.05, 0) is 16.7 Å². The Kier molecular flexibility index (Phi) is 4.56. The molecule has 0 bridgehead atoms. The SMILES string of the molecule is OC(c1ccccc1)C(O)(Cc1ccccc1)c1ccccc1. The van der Waals surface area contributed by atoms with Gasteiger partial charge in [-0.2, -0.15) is 0 Å². The fourth-order valence-electron chi connectivity index (χ4n) is 2.90. The number of hydrogen-bond acceptors (Lipinski definition) is 2. The molecule has 2 nitrogen and oxygen atoms in total. The molecule has 0 aliphatic rings. The molecule has 0 aromatic heterocycles. The second kappa shape index (κ2) is 6.78. The number of benzene rings is 3. The zero-order chi connectivity index (χ0) is 16.1. The third kappa shape index (κ3) is 3.34. The predicted molar refractivity (Wildman–Crippen MR) is 91.9 cm³/mol. The first-order valence-electron chi connectivity index (χ1n) is 7.75. The Balaban J connectivity index is 2.03. The van der Waals surface area contributed by atoms with Crippen molar-refractivity contribution in [3.05, 3.63) is 108 Å². The highest BCUT2D eigenvalue weighted by Gasteiger charge is 2.38. The minimum atomic E-state index is -1.38. The zero-order valence-corrected chi connectivity index (χ0v) is 12.8. The van der Waals surface area contributed by atoms with Crippen LogP contribution in [0.1, 0.15) is 22.8 Å². The van der Waals surface area contributed by atoms with E-state index in [1.54, 1.807) is 0 Å². The monoisotopic (exact) mass is 304 g/mol. The van der Waals surface area contributed by atoms with Gasteiger partial charge in [-0.1, -0.05) is 91.0 Å². The standard InChI is InChI=1S/C21H20O2/c22-20(18-12-6-2-7-13-18)21(23,19-14-8-3-9-15-19)16-17-10-4-1-5-11-17/h1-15,20,22-23H,16H2. The van der Waals surface area contributed by atoms with Crippen molar-refractivity contribution in [3.8, 4) is 0 Å². The molecule has 0 spiro atoms. The lowest BCUT2D eigenvalue weighted by atomic mass is 9.80. The second-order valence-corrected chi connectivity index (χ2v) is 5.77. The third-order valence-corrected chi connectivity index (χ3v) is 4.16. The number of aliphatic hydroxyl groups is 2. The molecule has 0 amide bonds. The van der Waals surface area contributed by atoms with E-state index in [1.807, 2.05) is 91.0 Å². The molecular formula is C21H20O2. The van der Waals surface area contributed by atoms with Gasteiger partial charge in [0.1, 0.15) is 11.7 Å². The summed E-state index contributed by atoms with van der Waals surface area (Å²) in [7, 11) is 0. The molecule has 0 aliphatic carbocycles. The van der Waals surface area contributed by atoms with E-state index in [1.165, 1.54) is 0 Å². The molecule has 3 rings (SSSR count). The average Bonchev–Trinajstić information content (AvgIpc) is 2.63. The molecule has 3 aromatic carbocycles. The average molecular weight is 304 g/mol. The summed E-state index contributed by atoms with van der Waals surface area (Å²) in [4.78, 5) is 0. The molecule has 0 saturated heterocycles. The topological polar surface area (TPSA) is 40.5 Å². The third-order valence-electron chi connectivity index (χ3n) is 4.16. The first-order valence-corrected chi connectivity index (χ1v) is 7.75. The Morgan fingerprint density at radius 2 is 1.17 bits per heavy atom. The smallest absolute Gasteiger partial charge is 0.124 e. The van der Waals surface area contributed by atoms with Crippen LogP contribution in [0.4, 0.5) is 0 Å². The van der Waals surface area contributed by atoms with Gasteiger partial charge < -0.3 is 10.2 Å². The molecule has 0 aliphatic heterocycles. The fraction of sp³-hybridized carbons (Fsp3) is 0.143. The van der Waals surface area contributed by atoms with Crippen molar-refractivity contribution >= 4 is 0 Å². The molecule has 2 N–H and O–H groups in total. The van der Waals surface area contributed by atoms with E-state index in [0.29, 0.717) is 17.5 Å².